The predicted molar refractivity (Wildman–Crippen MR) is 166 cm³/mol. The molecule has 0 saturated carbocycles. The minimum Gasteiger partial charge on any atom is -0.304 e. The van der Waals surface area contributed by atoms with Gasteiger partial charge < -0.3 is 9.97 Å². The molecule has 0 fully saturated rings. The van der Waals surface area contributed by atoms with Crippen LogP contribution >= 0.6 is 0 Å². The van der Waals surface area contributed by atoms with Crippen molar-refractivity contribution in [1.29, 1.82) is 0 Å². The second-order valence-corrected chi connectivity index (χ2v) is 9.96. The van der Waals surface area contributed by atoms with Crippen molar-refractivity contribution in [2.45, 2.75) is 27.2 Å². The van der Waals surface area contributed by atoms with Crippen LogP contribution in [0.15, 0.2) is 128 Å². The molecule has 205 valence electrons. The second-order valence-electron chi connectivity index (χ2n) is 9.96. The maximum absolute atomic E-state index is 4.73. The number of rotatable bonds is 5. The van der Waals surface area contributed by atoms with Crippen LogP contribution in [0.25, 0.3) is 33.6 Å². The van der Waals surface area contributed by atoms with Crippen LogP contribution < -0.4 is 0 Å². The third kappa shape index (κ3) is 7.95. The summed E-state index contributed by atoms with van der Waals surface area (Å²) in [7, 11) is 0. The van der Waals surface area contributed by atoms with Crippen molar-refractivity contribution >= 4 is 0 Å². The Labute approximate surface area is 257 Å². The van der Waals surface area contributed by atoms with Crippen molar-refractivity contribution in [1.82, 2.24) is 9.97 Å². The molecule has 2 aromatic heterocycles. The van der Waals surface area contributed by atoms with E-state index in [-0.39, 0.29) is 20.1 Å². The van der Waals surface area contributed by atoms with Crippen LogP contribution in [-0.2, 0) is 26.5 Å². The van der Waals surface area contributed by atoms with E-state index in [9.17, 15) is 0 Å². The van der Waals surface area contributed by atoms with Gasteiger partial charge in [0.2, 0.25) is 0 Å². The van der Waals surface area contributed by atoms with Crippen LogP contribution in [0.1, 0.15) is 27.8 Å². The normalized spacial score (nSPS) is 10.2. The molecule has 0 aliphatic rings. The molecule has 4 aromatic carbocycles. The molecule has 1 radical (unpaired) electrons. The Morgan fingerprint density at radius 1 is 0.610 bits per heavy atom. The Balaban J connectivity index is 0.000000233. The van der Waals surface area contributed by atoms with E-state index in [0.29, 0.717) is 0 Å². The molecular formula is C38H32IrN2-2. The Kier molecular flexibility index (Phi) is 10.5. The number of hydrogen-bond donors (Lipinski definition) is 0. The van der Waals surface area contributed by atoms with Crippen LogP contribution in [0.5, 0.6) is 0 Å². The monoisotopic (exact) mass is 709 g/mol. The minimum atomic E-state index is 0. The number of nitrogens with zero attached hydrogens (tertiary/aromatic N) is 2. The number of hydrogen-bond acceptors (Lipinski definition) is 2. The second kappa shape index (κ2) is 14.5. The summed E-state index contributed by atoms with van der Waals surface area (Å²) in [5.41, 5.74) is 12.7. The minimum absolute atomic E-state index is 0. The molecule has 0 atom stereocenters. The summed E-state index contributed by atoms with van der Waals surface area (Å²) in [5.74, 6) is 0. The topological polar surface area (TPSA) is 25.8 Å². The van der Waals surface area contributed by atoms with E-state index < -0.39 is 0 Å². The molecule has 0 aliphatic carbocycles. The summed E-state index contributed by atoms with van der Waals surface area (Å²) >= 11 is 0. The number of pyridine rings is 2. The van der Waals surface area contributed by atoms with E-state index in [1.54, 1.807) is 0 Å². The smallest absolute Gasteiger partial charge is 0.0242 e. The summed E-state index contributed by atoms with van der Waals surface area (Å²) in [6.45, 7) is 6.33. The summed E-state index contributed by atoms with van der Waals surface area (Å²) in [4.78, 5) is 9.05. The van der Waals surface area contributed by atoms with Crippen LogP contribution in [0.4, 0.5) is 0 Å². The zero-order chi connectivity index (χ0) is 27.7. The van der Waals surface area contributed by atoms with Crippen molar-refractivity contribution in [2.75, 3.05) is 0 Å². The van der Waals surface area contributed by atoms with Crippen LogP contribution in [0.2, 0.25) is 0 Å². The van der Waals surface area contributed by atoms with Crippen LogP contribution in [0, 0.1) is 32.9 Å². The average Bonchev–Trinajstić information content (AvgIpc) is 3.00. The largest absolute Gasteiger partial charge is 0.304 e. The third-order valence-electron chi connectivity index (χ3n) is 6.87. The first-order valence-corrected chi connectivity index (χ1v) is 13.5. The maximum Gasteiger partial charge on any atom is 0.0242 e. The summed E-state index contributed by atoms with van der Waals surface area (Å²) in [6.07, 6.45) is 4.77. The Morgan fingerprint density at radius 3 is 1.98 bits per heavy atom. The van der Waals surface area contributed by atoms with E-state index in [4.69, 9.17) is 4.98 Å². The molecule has 2 nitrogen and oxygen atoms in total. The van der Waals surface area contributed by atoms with Gasteiger partial charge in [-0.1, -0.05) is 85.8 Å². The van der Waals surface area contributed by atoms with E-state index >= 15 is 0 Å². The standard InChI is InChI=1S/C26H22N.C12H10N.Ir/c1-19-13-14-23(17-24(19)16-21-9-5-3-6-10-21)26-15-20(2)25(18-27-26)22-11-7-4-8-12-22;1-10-7-8-12(13-9-10)11-5-3-2-4-6-11;/h3-13,15,17-18H,16H2,1-2H3;2-5,7-9H,1H3;/q2*-1;. The van der Waals surface area contributed by atoms with Gasteiger partial charge in [0.15, 0.2) is 0 Å². The third-order valence-corrected chi connectivity index (χ3v) is 6.87. The van der Waals surface area contributed by atoms with Gasteiger partial charge in [0.05, 0.1) is 0 Å². The SMILES string of the molecule is Cc1c[c-]c(-c2cc(C)c(-c3ccccc3)cn2)cc1Cc1ccccc1.Cc1ccc(-c2[c-]cccc2)nc1.[Ir]. The van der Waals surface area contributed by atoms with E-state index in [0.717, 1.165) is 28.9 Å². The van der Waals surface area contributed by atoms with Crippen LogP contribution in [0.3, 0.4) is 0 Å². The predicted octanol–water partition coefficient (Wildman–Crippen LogP) is 9.28. The zero-order valence-corrected chi connectivity index (χ0v) is 26.0. The molecular weight excluding hydrogens is 677 g/mol. The van der Waals surface area contributed by atoms with Crippen molar-refractivity contribution < 1.29 is 20.1 Å². The fourth-order valence-corrected chi connectivity index (χ4v) is 4.57. The van der Waals surface area contributed by atoms with Crippen molar-refractivity contribution in [3.63, 3.8) is 0 Å². The maximum atomic E-state index is 4.73. The molecule has 0 amide bonds. The molecule has 0 aliphatic heterocycles. The molecule has 0 unspecified atom stereocenters. The van der Waals surface area contributed by atoms with Gasteiger partial charge in [0, 0.05) is 38.1 Å². The van der Waals surface area contributed by atoms with Crippen molar-refractivity contribution in [2.24, 2.45) is 0 Å². The van der Waals surface area contributed by atoms with Crippen molar-refractivity contribution in [3.05, 3.63) is 168 Å². The summed E-state index contributed by atoms with van der Waals surface area (Å²) in [5, 5.41) is 0. The number of benzene rings is 4. The van der Waals surface area contributed by atoms with Crippen molar-refractivity contribution in [3.8, 4) is 33.6 Å². The molecule has 6 rings (SSSR count). The molecule has 0 N–H and O–H groups in total. The molecule has 3 heteroatoms. The summed E-state index contributed by atoms with van der Waals surface area (Å²) < 4.78 is 0. The van der Waals surface area contributed by atoms with Gasteiger partial charge in [-0.05, 0) is 53.9 Å². The van der Waals surface area contributed by atoms with Gasteiger partial charge in [-0.15, -0.1) is 70.8 Å². The van der Waals surface area contributed by atoms with Gasteiger partial charge in [-0.3, -0.25) is 0 Å². The first-order valence-electron chi connectivity index (χ1n) is 13.5. The van der Waals surface area contributed by atoms with E-state index in [1.165, 1.54) is 38.9 Å². The average molecular weight is 709 g/mol. The Hall–Kier alpha value is -4.17. The molecule has 0 bridgehead atoms. The van der Waals surface area contributed by atoms with Crippen LogP contribution in [-0.4, -0.2) is 9.97 Å². The van der Waals surface area contributed by atoms with Gasteiger partial charge >= 0.3 is 0 Å². The first kappa shape index (κ1) is 29.8. The van der Waals surface area contributed by atoms with Gasteiger partial charge in [0.25, 0.3) is 0 Å². The van der Waals surface area contributed by atoms with Gasteiger partial charge in [0.1, 0.15) is 0 Å². The molecule has 6 aromatic rings. The molecule has 0 saturated heterocycles. The fraction of sp³-hybridized carbons (Fsp3) is 0.105. The Morgan fingerprint density at radius 2 is 1.32 bits per heavy atom. The van der Waals surface area contributed by atoms with Gasteiger partial charge in [-0.25, -0.2) is 0 Å². The fourth-order valence-electron chi connectivity index (χ4n) is 4.57. The van der Waals surface area contributed by atoms with Gasteiger partial charge in [-0.2, -0.15) is 0 Å². The molecule has 41 heavy (non-hydrogen) atoms. The van der Waals surface area contributed by atoms with E-state index in [1.807, 2.05) is 55.7 Å². The number of aryl methyl sites for hydroxylation is 3. The zero-order valence-electron chi connectivity index (χ0n) is 23.6. The Bertz CT molecular complexity index is 1660. The molecule has 2 heterocycles. The summed E-state index contributed by atoms with van der Waals surface area (Å²) in [6, 6.07) is 45.9. The quantitative estimate of drug-likeness (QED) is 0.167. The first-order chi connectivity index (χ1) is 19.6. The van der Waals surface area contributed by atoms with E-state index in [2.05, 4.69) is 110 Å². The number of aromatic nitrogens is 2. The molecule has 0 spiro atoms.